The van der Waals surface area contributed by atoms with E-state index in [1.165, 1.54) is 0 Å². The zero-order valence-electron chi connectivity index (χ0n) is 11.4. The number of nitrogens with zero attached hydrogens (tertiary/aromatic N) is 6. The normalized spacial score (nSPS) is 11.8. The molecule has 102 valence electrons. The lowest BCUT2D eigenvalue weighted by atomic mass is 10.4. The third-order valence-corrected chi connectivity index (χ3v) is 3.28. The molecule has 0 saturated carbocycles. The van der Waals surface area contributed by atoms with Gasteiger partial charge < -0.3 is 4.57 Å². The van der Waals surface area contributed by atoms with Gasteiger partial charge >= 0.3 is 0 Å². The summed E-state index contributed by atoms with van der Waals surface area (Å²) in [5.74, 6) is 2.06. The number of hydrogen-bond donors (Lipinski definition) is 0. The Balaban J connectivity index is 1.99. The van der Waals surface area contributed by atoms with Crippen molar-refractivity contribution in [3.05, 3.63) is 39.9 Å². The molecule has 0 aliphatic rings. The number of rotatable bonds is 2. The minimum absolute atomic E-state index is 0.614. The van der Waals surface area contributed by atoms with E-state index in [4.69, 9.17) is 0 Å². The summed E-state index contributed by atoms with van der Waals surface area (Å²) in [5, 5.41) is 4.41. The Morgan fingerprint density at radius 3 is 2.65 bits per heavy atom. The molecule has 0 N–H and O–H groups in total. The van der Waals surface area contributed by atoms with Gasteiger partial charge in [-0.3, -0.25) is 0 Å². The van der Waals surface area contributed by atoms with Crippen molar-refractivity contribution < 1.29 is 0 Å². The lowest BCUT2D eigenvalue weighted by molar-refractivity contribution is 0.881. The molecule has 3 aromatic heterocycles. The molecule has 0 saturated heterocycles. The second kappa shape index (κ2) is 4.82. The molecular formula is C13H13BrN6. The van der Waals surface area contributed by atoms with Crippen molar-refractivity contribution in [2.45, 2.75) is 13.8 Å². The summed E-state index contributed by atoms with van der Waals surface area (Å²) in [6.07, 6.45) is 5.60. The first-order valence-electron chi connectivity index (χ1n) is 6.11. The van der Waals surface area contributed by atoms with Crippen LogP contribution in [0.2, 0.25) is 0 Å². The molecule has 0 amide bonds. The fourth-order valence-corrected chi connectivity index (χ4v) is 2.49. The predicted molar refractivity (Wildman–Crippen MR) is 80.1 cm³/mol. The standard InChI is InChI=1S/C13H13BrN6/c1-8-6-9(2)20-13(15-8)17-11(18-20)4-5-12-16-10(14)7-19(12)3/h4-7H,1-3H3. The van der Waals surface area contributed by atoms with Crippen LogP contribution in [0.3, 0.4) is 0 Å². The van der Waals surface area contributed by atoms with E-state index in [0.717, 1.165) is 21.8 Å². The Labute approximate surface area is 124 Å². The second-order valence-electron chi connectivity index (χ2n) is 4.59. The lowest BCUT2D eigenvalue weighted by Crippen LogP contribution is -1.97. The maximum absolute atomic E-state index is 4.41. The van der Waals surface area contributed by atoms with Crippen LogP contribution in [0.25, 0.3) is 17.9 Å². The summed E-state index contributed by atoms with van der Waals surface area (Å²) >= 11 is 3.34. The van der Waals surface area contributed by atoms with Crippen LogP contribution >= 0.6 is 15.9 Å². The average molecular weight is 333 g/mol. The Morgan fingerprint density at radius 2 is 1.95 bits per heavy atom. The maximum Gasteiger partial charge on any atom is 0.253 e. The van der Waals surface area contributed by atoms with Crippen LogP contribution in [-0.4, -0.2) is 29.1 Å². The van der Waals surface area contributed by atoms with Crippen LogP contribution in [0.5, 0.6) is 0 Å². The van der Waals surface area contributed by atoms with Crippen molar-refractivity contribution in [3.63, 3.8) is 0 Å². The van der Waals surface area contributed by atoms with Crippen LogP contribution in [0.15, 0.2) is 16.9 Å². The molecule has 0 fully saturated rings. The van der Waals surface area contributed by atoms with Gasteiger partial charge in [0.2, 0.25) is 0 Å². The molecule has 3 aromatic rings. The molecule has 0 bridgehead atoms. The Kier molecular flexibility index (Phi) is 3.13. The molecule has 7 heteroatoms. The van der Waals surface area contributed by atoms with Crippen molar-refractivity contribution in [2.75, 3.05) is 0 Å². The van der Waals surface area contributed by atoms with Crippen LogP contribution < -0.4 is 0 Å². The monoisotopic (exact) mass is 332 g/mol. The molecule has 0 radical (unpaired) electrons. The van der Waals surface area contributed by atoms with Crippen molar-refractivity contribution in [1.29, 1.82) is 0 Å². The minimum atomic E-state index is 0.614. The van der Waals surface area contributed by atoms with Gasteiger partial charge in [-0.15, -0.1) is 5.10 Å². The van der Waals surface area contributed by atoms with Crippen molar-refractivity contribution in [3.8, 4) is 0 Å². The highest BCUT2D eigenvalue weighted by Crippen LogP contribution is 2.11. The summed E-state index contributed by atoms with van der Waals surface area (Å²) in [5.41, 5.74) is 1.95. The van der Waals surface area contributed by atoms with Gasteiger partial charge in [-0.25, -0.2) is 14.5 Å². The summed E-state index contributed by atoms with van der Waals surface area (Å²) in [4.78, 5) is 13.1. The molecule has 3 heterocycles. The Bertz CT molecular complexity index is 814. The van der Waals surface area contributed by atoms with E-state index in [1.54, 1.807) is 4.52 Å². The molecule has 0 spiro atoms. The maximum atomic E-state index is 4.41. The van der Waals surface area contributed by atoms with E-state index in [-0.39, 0.29) is 0 Å². The summed E-state index contributed by atoms with van der Waals surface area (Å²) in [6.45, 7) is 3.93. The van der Waals surface area contributed by atoms with E-state index in [2.05, 4.69) is 36.0 Å². The largest absolute Gasteiger partial charge is 0.333 e. The highest BCUT2D eigenvalue weighted by atomic mass is 79.9. The molecule has 0 unspecified atom stereocenters. The third kappa shape index (κ3) is 2.36. The summed E-state index contributed by atoms with van der Waals surface area (Å²) < 4.78 is 4.46. The summed E-state index contributed by atoms with van der Waals surface area (Å²) in [7, 11) is 1.93. The highest BCUT2D eigenvalue weighted by molar-refractivity contribution is 9.10. The van der Waals surface area contributed by atoms with Gasteiger partial charge in [0.05, 0.1) is 0 Å². The van der Waals surface area contributed by atoms with E-state index in [1.807, 2.05) is 49.9 Å². The van der Waals surface area contributed by atoms with E-state index in [9.17, 15) is 0 Å². The molecule has 0 atom stereocenters. The number of fused-ring (bicyclic) bond motifs is 1. The molecule has 0 aliphatic carbocycles. The van der Waals surface area contributed by atoms with Gasteiger partial charge in [0.25, 0.3) is 5.78 Å². The number of aromatic nitrogens is 6. The summed E-state index contributed by atoms with van der Waals surface area (Å²) in [6, 6.07) is 1.98. The molecular weight excluding hydrogens is 320 g/mol. The lowest BCUT2D eigenvalue weighted by Gasteiger charge is -1.97. The fraction of sp³-hybridized carbons (Fsp3) is 0.231. The van der Waals surface area contributed by atoms with Crippen molar-refractivity contribution in [2.24, 2.45) is 7.05 Å². The highest BCUT2D eigenvalue weighted by Gasteiger charge is 2.06. The molecule has 0 aliphatic heterocycles. The van der Waals surface area contributed by atoms with Crippen LogP contribution in [0.4, 0.5) is 0 Å². The molecule has 3 rings (SSSR count). The number of imidazole rings is 1. The van der Waals surface area contributed by atoms with Gasteiger partial charge in [0.15, 0.2) is 5.82 Å². The van der Waals surface area contributed by atoms with Crippen LogP contribution in [0.1, 0.15) is 23.0 Å². The first-order valence-corrected chi connectivity index (χ1v) is 6.90. The smallest absolute Gasteiger partial charge is 0.253 e. The van der Waals surface area contributed by atoms with Crippen molar-refractivity contribution in [1.82, 2.24) is 29.1 Å². The van der Waals surface area contributed by atoms with Gasteiger partial charge in [-0.05, 0) is 48.0 Å². The first kappa shape index (κ1) is 13.0. The van der Waals surface area contributed by atoms with Crippen LogP contribution in [0, 0.1) is 13.8 Å². The third-order valence-electron chi connectivity index (χ3n) is 2.90. The van der Waals surface area contributed by atoms with E-state index in [0.29, 0.717) is 11.6 Å². The van der Waals surface area contributed by atoms with E-state index < -0.39 is 0 Å². The zero-order valence-corrected chi connectivity index (χ0v) is 13.0. The molecule has 6 nitrogen and oxygen atoms in total. The minimum Gasteiger partial charge on any atom is -0.333 e. The Morgan fingerprint density at radius 1 is 1.15 bits per heavy atom. The van der Waals surface area contributed by atoms with Crippen LogP contribution in [-0.2, 0) is 7.05 Å². The van der Waals surface area contributed by atoms with Gasteiger partial charge in [0, 0.05) is 24.6 Å². The zero-order chi connectivity index (χ0) is 14.3. The fourth-order valence-electron chi connectivity index (χ4n) is 2.00. The first-order chi connectivity index (χ1) is 9.52. The Hall–Kier alpha value is -2.02. The van der Waals surface area contributed by atoms with E-state index >= 15 is 0 Å². The predicted octanol–water partition coefficient (Wildman–Crippen LogP) is 2.41. The SMILES string of the molecule is Cc1cc(C)n2nc(C=Cc3nc(Br)cn3C)nc2n1. The van der Waals surface area contributed by atoms with Gasteiger partial charge in [-0.1, -0.05) is 0 Å². The number of aryl methyl sites for hydroxylation is 3. The topological polar surface area (TPSA) is 60.9 Å². The number of halogens is 1. The van der Waals surface area contributed by atoms with Crippen molar-refractivity contribution >= 4 is 33.9 Å². The van der Waals surface area contributed by atoms with Gasteiger partial charge in [0.1, 0.15) is 10.4 Å². The quantitative estimate of drug-likeness (QED) is 0.723. The molecule has 0 aromatic carbocycles. The number of hydrogen-bond acceptors (Lipinski definition) is 4. The van der Waals surface area contributed by atoms with Gasteiger partial charge in [-0.2, -0.15) is 4.98 Å². The average Bonchev–Trinajstić information content (AvgIpc) is 2.90. The second-order valence-corrected chi connectivity index (χ2v) is 5.40. The molecule has 20 heavy (non-hydrogen) atoms.